The molecule has 1 aromatic heterocycles. The lowest BCUT2D eigenvalue weighted by Crippen LogP contribution is -1.95. The molecule has 0 bridgehead atoms. The Hall–Kier alpha value is -1.55. The van der Waals surface area contributed by atoms with Gasteiger partial charge in [0.2, 0.25) is 0 Å². The number of nitrogens with one attached hydrogen (secondary N) is 1. The minimum Gasteiger partial charge on any atom is -0.343 e. The first-order valence-electron chi connectivity index (χ1n) is 5.46. The minimum absolute atomic E-state index is 0.261. The van der Waals surface area contributed by atoms with Crippen LogP contribution in [0.3, 0.4) is 0 Å². The Balaban J connectivity index is 2.59. The first-order chi connectivity index (χ1) is 8.08. The number of aromatic amines is 1. The standard InChI is InChI=1S/C13H13FN2S/c1-3-11-7-12(17)16-13(15-11)9-4-8(2)5-10(14)6-9/h4-7H,3H2,1-2H3,(H,15,16,17). The van der Waals surface area contributed by atoms with E-state index in [4.69, 9.17) is 12.2 Å². The molecule has 1 N–H and O–H groups in total. The first kappa shape index (κ1) is 11.9. The normalized spacial score (nSPS) is 10.5. The van der Waals surface area contributed by atoms with Gasteiger partial charge in [0.1, 0.15) is 16.3 Å². The number of nitrogens with zero attached hydrogens (tertiary/aromatic N) is 1. The Morgan fingerprint density at radius 3 is 2.71 bits per heavy atom. The van der Waals surface area contributed by atoms with Crippen LogP contribution in [0, 0.1) is 17.4 Å². The second-order valence-corrected chi connectivity index (χ2v) is 4.38. The Morgan fingerprint density at radius 2 is 2.06 bits per heavy atom. The summed E-state index contributed by atoms with van der Waals surface area (Å²) in [5.41, 5.74) is 2.59. The zero-order valence-corrected chi connectivity index (χ0v) is 10.6. The highest BCUT2D eigenvalue weighted by Crippen LogP contribution is 2.18. The Labute approximate surface area is 105 Å². The summed E-state index contributed by atoms with van der Waals surface area (Å²) in [5, 5.41) is 0. The van der Waals surface area contributed by atoms with Gasteiger partial charge in [0.15, 0.2) is 0 Å². The van der Waals surface area contributed by atoms with Gasteiger partial charge in [-0.05, 0) is 43.2 Å². The minimum atomic E-state index is -0.261. The maximum atomic E-state index is 13.3. The number of benzene rings is 1. The molecule has 0 saturated carbocycles. The number of hydrogen-bond donors (Lipinski definition) is 1. The van der Waals surface area contributed by atoms with Crippen molar-refractivity contribution in [3.05, 3.63) is 46.0 Å². The number of aromatic nitrogens is 2. The van der Waals surface area contributed by atoms with E-state index in [0.717, 1.165) is 23.2 Å². The molecule has 0 spiro atoms. The number of hydrogen-bond acceptors (Lipinski definition) is 2. The van der Waals surface area contributed by atoms with E-state index >= 15 is 0 Å². The van der Waals surface area contributed by atoms with Crippen molar-refractivity contribution in [2.45, 2.75) is 20.3 Å². The molecule has 4 heteroatoms. The molecule has 0 saturated heterocycles. The van der Waals surface area contributed by atoms with E-state index in [0.29, 0.717) is 10.5 Å². The van der Waals surface area contributed by atoms with Crippen LogP contribution >= 0.6 is 12.2 Å². The van der Waals surface area contributed by atoms with Gasteiger partial charge in [0.25, 0.3) is 0 Å². The van der Waals surface area contributed by atoms with Crippen LogP contribution in [0.2, 0.25) is 0 Å². The molecule has 0 aliphatic heterocycles. The van der Waals surface area contributed by atoms with E-state index in [1.807, 2.05) is 26.0 Å². The number of halogens is 1. The molecule has 0 aliphatic carbocycles. The highest BCUT2D eigenvalue weighted by atomic mass is 32.1. The molecular weight excluding hydrogens is 235 g/mol. The molecular formula is C13H13FN2S. The van der Waals surface area contributed by atoms with Crippen LogP contribution in [0.4, 0.5) is 4.39 Å². The monoisotopic (exact) mass is 248 g/mol. The van der Waals surface area contributed by atoms with Gasteiger partial charge in [-0.25, -0.2) is 9.37 Å². The van der Waals surface area contributed by atoms with E-state index < -0.39 is 0 Å². The Morgan fingerprint density at radius 1 is 1.29 bits per heavy atom. The highest BCUT2D eigenvalue weighted by Gasteiger charge is 2.04. The molecule has 0 aliphatic rings. The fraction of sp³-hybridized carbons (Fsp3) is 0.231. The quantitative estimate of drug-likeness (QED) is 0.818. The van der Waals surface area contributed by atoms with Crippen LogP contribution in [-0.2, 0) is 6.42 Å². The van der Waals surface area contributed by atoms with Gasteiger partial charge in [0, 0.05) is 11.3 Å². The molecule has 1 heterocycles. The van der Waals surface area contributed by atoms with Crippen LogP contribution in [0.1, 0.15) is 18.2 Å². The van der Waals surface area contributed by atoms with Gasteiger partial charge >= 0.3 is 0 Å². The molecule has 0 unspecified atom stereocenters. The Kier molecular flexibility index (Phi) is 3.33. The summed E-state index contributed by atoms with van der Waals surface area (Å²) in [5.74, 6) is 0.361. The fourth-order valence-corrected chi connectivity index (χ4v) is 1.94. The van der Waals surface area contributed by atoms with Crippen molar-refractivity contribution in [1.29, 1.82) is 0 Å². The van der Waals surface area contributed by atoms with Crippen molar-refractivity contribution < 1.29 is 4.39 Å². The molecule has 0 fully saturated rings. The van der Waals surface area contributed by atoms with Gasteiger partial charge < -0.3 is 4.98 Å². The van der Waals surface area contributed by atoms with E-state index in [1.165, 1.54) is 12.1 Å². The molecule has 0 amide bonds. The zero-order valence-electron chi connectivity index (χ0n) is 9.75. The molecule has 0 radical (unpaired) electrons. The molecule has 2 nitrogen and oxygen atoms in total. The van der Waals surface area contributed by atoms with Crippen molar-refractivity contribution in [3.8, 4) is 11.4 Å². The van der Waals surface area contributed by atoms with E-state index in [2.05, 4.69) is 9.97 Å². The van der Waals surface area contributed by atoms with E-state index in [1.54, 1.807) is 0 Å². The van der Waals surface area contributed by atoms with Crippen LogP contribution < -0.4 is 0 Å². The molecule has 88 valence electrons. The van der Waals surface area contributed by atoms with Gasteiger partial charge in [0.05, 0.1) is 0 Å². The average molecular weight is 248 g/mol. The third kappa shape index (κ3) is 2.77. The SMILES string of the molecule is CCc1cc(=S)nc(-c2cc(C)cc(F)c2)[nH]1. The van der Waals surface area contributed by atoms with Crippen molar-refractivity contribution in [2.75, 3.05) is 0 Å². The summed E-state index contributed by atoms with van der Waals surface area (Å²) in [4.78, 5) is 7.39. The molecule has 17 heavy (non-hydrogen) atoms. The van der Waals surface area contributed by atoms with E-state index in [9.17, 15) is 4.39 Å². The largest absolute Gasteiger partial charge is 0.343 e. The topological polar surface area (TPSA) is 28.7 Å². The highest BCUT2D eigenvalue weighted by molar-refractivity contribution is 7.71. The summed E-state index contributed by atoms with van der Waals surface area (Å²) in [6.07, 6.45) is 0.841. The maximum absolute atomic E-state index is 13.3. The van der Waals surface area contributed by atoms with Crippen molar-refractivity contribution >= 4 is 12.2 Å². The first-order valence-corrected chi connectivity index (χ1v) is 5.87. The third-order valence-corrected chi connectivity index (χ3v) is 2.70. The molecule has 0 atom stereocenters. The summed E-state index contributed by atoms with van der Waals surface area (Å²) in [7, 11) is 0. The zero-order chi connectivity index (χ0) is 12.4. The Bertz CT molecular complexity index is 584. The summed E-state index contributed by atoms with van der Waals surface area (Å²) < 4.78 is 13.9. The van der Waals surface area contributed by atoms with Crippen molar-refractivity contribution in [3.63, 3.8) is 0 Å². The van der Waals surface area contributed by atoms with Crippen LogP contribution in [0.15, 0.2) is 24.3 Å². The van der Waals surface area contributed by atoms with Gasteiger partial charge in [-0.1, -0.05) is 19.1 Å². The van der Waals surface area contributed by atoms with Crippen LogP contribution in [0.25, 0.3) is 11.4 Å². The van der Waals surface area contributed by atoms with Crippen LogP contribution in [0.5, 0.6) is 0 Å². The van der Waals surface area contributed by atoms with Gasteiger partial charge in [-0.2, -0.15) is 0 Å². The number of rotatable bonds is 2. The lowest BCUT2D eigenvalue weighted by Gasteiger charge is -2.05. The average Bonchev–Trinajstić information content (AvgIpc) is 2.26. The maximum Gasteiger partial charge on any atom is 0.139 e. The summed E-state index contributed by atoms with van der Waals surface area (Å²) in [6.45, 7) is 3.88. The van der Waals surface area contributed by atoms with Crippen molar-refractivity contribution in [2.24, 2.45) is 0 Å². The van der Waals surface area contributed by atoms with Crippen LogP contribution in [-0.4, -0.2) is 9.97 Å². The predicted octanol–water partition coefficient (Wildman–Crippen LogP) is 3.82. The van der Waals surface area contributed by atoms with E-state index in [-0.39, 0.29) is 5.82 Å². The third-order valence-electron chi connectivity index (χ3n) is 2.50. The summed E-state index contributed by atoms with van der Waals surface area (Å²) in [6, 6.07) is 6.66. The molecule has 1 aromatic carbocycles. The smallest absolute Gasteiger partial charge is 0.139 e. The lowest BCUT2D eigenvalue weighted by atomic mass is 10.1. The van der Waals surface area contributed by atoms with Crippen molar-refractivity contribution in [1.82, 2.24) is 9.97 Å². The van der Waals surface area contributed by atoms with Gasteiger partial charge in [-0.15, -0.1) is 0 Å². The second kappa shape index (κ2) is 4.75. The number of aryl methyl sites for hydroxylation is 2. The molecule has 2 rings (SSSR count). The molecule has 2 aromatic rings. The summed E-state index contributed by atoms with van der Waals surface area (Å²) >= 11 is 5.09. The van der Waals surface area contributed by atoms with Gasteiger partial charge in [-0.3, -0.25) is 0 Å². The number of H-pyrrole nitrogens is 1. The fourth-order valence-electron chi connectivity index (χ4n) is 1.71. The lowest BCUT2D eigenvalue weighted by molar-refractivity contribution is 0.627. The second-order valence-electron chi connectivity index (χ2n) is 3.96. The predicted molar refractivity (Wildman–Crippen MR) is 68.9 cm³/mol.